The molecule has 25 heavy (non-hydrogen) atoms. The van der Waals surface area contributed by atoms with Crippen molar-refractivity contribution in [2.24, 2.45) is 5.41 Å². The van der Waals surface area contributed by atoms with Crippen molar-refractivity contribution in [1.29, 1.82) is 0 Å². The Hall–Kier alpha value is -1.65. The van der Waals surface area contributed by atoms with Crippen LogP contribution in [0.15, 0.2) is 53.4 Å². The summed E-state index contributed by atoms with van der Waals surface area (Å²) in [6.45, 7) is 1.94. The van der Waals surface area contributed by atoms with E-state index in [1.807, 2.05) is 19.1 Å². The van der Waals surface area contributed by atoms with Crippen LogP contribution in [0.1, 0.15) is 41.6 Å². The van der Waals surface area contributed by atoms with Crippen LogP contribution in [0.5, 0.6) is 0 Å². The SMILES string of the molecule is Cc1ccc(S(=O)(=O)C23CC(CC(=O)c4ccccc4Cl)(C2)C3)cc1. The lowest BCUT2D eigenvalue weighted by atomic mass is 9.42. The van der Waals surface area contributed by atoms with Crippen molar-refractivity contribution in [3.63, 3.8) is 0 Å². The van der Waals surface area contributed by atoms with Crippen LogP contribution in [0.4, 0.5) is 0 Å². The van der Waals surface area contributed by atoms with Gasteiger partial charge in [-0.15, -0.1) is 0 Å². The highest BCUT2D eigenvalue weighted by Gasteiger charge is 2.74. The van der Waals surface area contributed by atoms with Crippen LogP contribution in [0.2, 0.25) is 5.02 Å². The quantitative estimate of drug-likeness (QED) is 0.717. The van der Waals surface area contributed by atoms with Crippen molar-refractivity contribution in [3.8, 4) is 0 Å². The number of Topliss-reactive ketones (excluding diaryl/α,β-unsaturated/α-hetero) is 1. The van der Waals surface area contributed by atoms with Gasteiger partial charge in [0.1, 0.15) is 0 Å². The van der Waals surface area contributed by atoms with Crippen LogP contribution in [0.25, 0.3) is 0 Å². The molecule has 2 aromatic rings. The summed E-state index contributed by atoms with van der Waals surface area (Å²) in [5, 5.41) is 0.459. The minimum absolute atomic E-state index is 0.00614. The van der Waals surface area contributed by atoms with Gasteiger partial charge in [-0.05, 0) is 55.9 Å². The van der Waals surface area contributed by atoms with E-state index in [1.165, 1.54) is 0 Å². The van der Waals surface area contributed by atoms with E-state index >= 15 is 0 Å². The van der Waals surface area contributed by atoms with Crippen molar-refractivity contribution in [2.45, 2.75) is 42.2 Å². The maximum absolute atomic E-state index is 12.9. The van der Waals surface area contributed by atoms with Gasteiger partial charge in [-0.2, -0.15) is 0 Å². The standard InChI is InChI=1S/C20H19ClO3S/c1-14-6-8-15(9-7-14)25(23,24)20-11-19(12-20,13-20)10-18(22)16-4-2-3-5-17(16)21/h2-9H,10-13H2,1H3. The summed E-state index contributed by atoms with van der Waals surface area (Å²) in [6, 6.07) is 14.1. The van der Waals surface area contributed by atoms with E-state index in [-0.39, 0.29) is 11.2 Å². The van der Waals surface area contributed by atoms with E-state index in [0.717, 1.165) is 5.56 Å². The minimum Gasteiger partial charge on any atom is -0.294 e. The predicted octanol–water partition coefficient (Wildman–Crippen LogP) is 4.62. The second-order valence-electron chi connectivity index (χ2n) is 7.61. The van der Waals surface area contributed by atoms with Gasteiger partial charge in [0, 0.05) is 12.0 Å². The third kappa shape index (κ3) is 2.46. The molecule has 3 aliphatic carbocycles. The molecule has 130 valence electrons. The number of hydrogen-bond acceptors (Lipinski definition) is 3. The average Bonchev–Trinajstić information content (AvgIpc) is 2.49. The maximum Gasteiger partial charge on any atom is 0.184 e. The van der Waals surface area contributed by atoms with Crippen LogP contribution in [0, 0.1) is 12.3 Å². The average molecular weight is 375 g/mol. The van der Waals surface area contributed by atoms with Crippen molar-refractivity contribution < 1.29 is 13.2 Å². The molecule has 3 aliphatic rings. The van der Waals surface area contributed by atoms with Crippen LogP contribution in [0.3, 0.4) is 0 Å². The van der Waals surface area contributed by atoms with Gasteiger partial charge in [-0.25, -0.2) is 8.42 Å². The molecule has 0 N–H and O–H groups in total. The highest BCUT2D eigenvalue weighted by molar-refractivity contribution is 7.93. The van der Waals surface area contributed by atoms with Gasteiger partial charge >= 0.3 is 0 Å². The Morgan fingerprint density at radius 2 is 1.64 bits per heavy atom. The number of ketones is 1. The molecule has 0 amide bonds. The molecule has 0 spiro atoms. The molecule has 0 heterocycles. The van der Waals surface area contributed by atoms with Gasteiger partial charge in [0.05, 0.1) is 14.7 Å². The van der Waals surface area contributed by atoms with Crippen LogP contribution in [-0.2, 0) is 9.84 Å². The number of rotatable bonds is 5. The second-order valence-corrected chi connectivity index (χ2v) is 10.4. The molecule has 2 bridgehead atoms. The molecule has 0 radical (unpaired) electrons. The Kier molecular flexibility index (Phi) is 3.64. The molecule has 5 heteroatoms. The Labute approximate surface area is 152 Å². The number of aryl methyl sites for hydroxylation is 1. The van der Waals surface area contributed by atoms with E-state index < -0.39 is 14.6 Å². The predicted molar refractivity (Wildman–Crippen MR) is 97.8 cm³/mol. The summed E-state index contributed by atoms with van der Waals surface area (Å²) in [5.41, 5.74) is 1.41. The fourth-order valence-electron chi connectivity index (χ4n) is 4.46. The third-order valence-electron chi connectivity index (χ3n) is 5.70. The molecule has 0 aromatic heterocycles. The molecule has 3 nitrogen and oxygen atoms in total. The molecule has 0 unspecified atom stereocenters. The van der Waals surface area contributed by atoms with Crippen LogP contribution < -0.4 is 0 Å². The molecule has 3 saturated carbocycles. The summed E-state index contributed by atoms with van der Waals surface area (Å²) >= 11 is 6.10. The molecule has 5 rings (SSSR count). The van der Waals surface area contributed by atoms with Gasteiger partial charge in [0.25, 0.3) is 0 Å². The summed E-state index contributed by atoms with van der Waals surface area (Å²) in [6.07, 6.45) is 2.10. The lowest BCUT2D eigenvalue weighted by Gasteiger charge is -2.69. The minimum atomic E-state index is -3.34. The number of hydrogen-bond donors (Lipinski definition) is 0. The highest BCUT2D eigenvalue weighted by atomic mass is 35.5. The number of halogens is 1. The Morgan fingerprint density at radius 1 is 1.04 bits per heavy atom. The first kappa shape index (κ1) is 16.8. The third-order valence-corrected chi connectivity index (χ3v) is 8.50. The molecule has 0 saturated heterocycles. The topological polar surface area (TPSA) is 51.2 Å². The van der Waals surface area contributed by atoms with Gasteiger partial charge in [-0.1, -0.05) is 41.4 Å². The zero-order valence-corrected chi connectivity index (χ0v) is 15.5. The molecule has 0 atom stereocenters. The first-order valence-electron chi connectivity index (χ1n) is 8.36. The van der Waals surface area contributed by atoms with Crippen molar-refractivity contribution in [3.05, 3.63) is 64.7 Å². The summed E-state index contributed by atoms with van der Waals surface area (Å²) in [7, 11) is -3.34. The van der Waals surface area contributed by atoms with Gasteiger partial charge < -0.3 is 0 Å². The fourth-order valence-corrected chi connectivity index (χ4v) is 7.18. The van der Waals surface area contributed by atoms with E-state index in [4.69, 9.17) is 11.6 Å². The zero-order chi connectivity index (χ0) is 17.9. The zero-order valence-electron chi connectivity index (χ0n) is 14.0. The largest absolute Gasteiger partial charge is 0.294 e. The number of carbonyl (C=O) groups is 1. The van der Waals surface area contributed by atoms with Crippen LogP contribution in [-0.4, -0.2) is 18.9 Å². The molecule has 3 fully saturated rings. The van der Waals surface area contributed by atoms with Crippen LogP contribution >= 0.6 is 11.6 Å². The van der Waals surface area contributed by atoms with Gasteiger partial charge in [0.2, 0.25) is 0 Å². The molecular weight excluding hydrogens is 356 g/mol. The Balaban J connectivity index is 1.49. The van der Waals surface area contributed by atoms with E-state index in [1.54, 1.807) is 36.4 Å². The number of carbonyl (C=O) groups excluding carboxylic acids is 1. The second kappa shape index (κ2) is 5.42. The number of sulfone groups is 1. The molecular formula is C20H19ClO3S. The van der Waals surface area contributed by atoms with Gasteiger partial charge in [-0.3, -0.25) is 4.79 Å². The lowest BCUT2D eigenvalue weighted by molar-refractivity contribution is -0.0791. The molecule has 0 aliphatic heterocycles. The fraction of sp³-hybridized carbons (Fsp3) is 0.350. The van der Waals surface area contributed by atoms with E-state index in [0.29, 0.717) is 41.2 Å². The number of benzene rings is 2. The molecule has 2 aromatic carbocycles. The normalized spacial score (nSPS) is 27.3. The smallest absolute Gasteiger partial charge is 0.184 e. The first-order valence-corrected chi connectivity index (χ1v) is 10.2. The first-order chi connectivity index (χ1) is 11.8. The van der Waals surface area contributed by atoms with Crippen molar-refractivity contribution in [2.75, 3.05) is 0 Å². The van der Waals surface area contributed by atoms with E-state index in [9.17, 15) is 13.2 Å². The summed E-state index contributed by atoms with van der Waals surface area (Å²) in [5.74, 6) is 0.00614. The maximum atomic E-state index is 12.9. The monoisotopic (exact) mass is 374 g/mol. The summed E-state index contributed by atoms with van der Waals surface area (Å²) in [4.78, 5) is 12.9. The lowest BCUT2D eigenvalue weighted by Crippen LogP contribution is -2.70. The Bertz CT molecular complexity index is 941. The summed E-state index contributed by atoms with van der Waals surface area (Å²) < 4.78 is 25.2. The highest BCUT2D eigenvalue weighted by Crippen LogP contribution is 2.73. The Morgan fingerprint density at radius 3 is 2.24 bits per heavy atom. The van der Waals surface area contributed by atoms with E-state index in [2.05, 4.69) is 0 Å². The van der Waals surface area contributed by atoms with Gasteiger partial charge in [0.15, 0.2) is 15.6 Å². The van der Waals surface area contributed by atoms with Crippen molar-refractivity contribution >= 4 is 27.2 Å². The van der Waals surface area contributed by atoms with Crippen molar-refractivity contribution in [1.82, 2.24) is 0 Å².